The maximum Gasteiger partial charge on any atom is 0.0741 e. The smallest absolute Gasteiger partial charge is 0.0741 e. The molecule has 0 atom stereocenters. The Bertz CT molecular complexity index is 372. The van der Waals surface area contributed by atoms with Crippen LogP contribution >= 0.6 is 11.8 Å². The van der Waals surface area contributed by atoms with Crippen molar-refractivity contribution in [1.29, 1.82) is 0 Å². The Morgan fingerprint density at radius 3 is 2.69 bits per heavy atom. The molecular weight excluding hydrogens is 218 g/mol. The minimum atomic E-state index is -0.432. The van der Waals surface area contributed by atoms with Gasteiger partial charge < -0.3 is 10.8 Å². The van der Waals surface area contributed by atoms with E-state index in [1.165, 1.54) is 10.5 Å². The number of rotatable bonds is 3. The normalized spacial score (nSPS) is 18.9. The van der Waals surface area contributed by atoms with Gasteiger partial charge in [0.2, 0.25) is 0 Å². The summed E-state index contributed by atoms with van der Waals surface area (Å²) >= 11 is 1.75. The zero-order valence-corrected chi connectivity index (χ0v) is 10.5. The lowest BCUT2D eigenvalue weighted by Crippen LogP contribution is -2.27. The van der Waals surface area contributed by atoms with Crippen LogP contribution in [-0.4, -0.2) is 16.5 Å². The molecule has 0 aromatic heterocycles. The molecule has 88 valence electrons. The molecule has 1 aliphatic rings. The Hall–Kier alpha value is -0.670. The van der Waals surface area contributed by atoms with Gasteiger partial charge in [0.1, 0.15) is 0 Å². The van der Waals surface area contributed by atoms with Gasteiger partial charge in [-0.25, -0.2) is 0 Å². The topological polar surface area (TPSA) is 46.2 Å². The van der Waals surface area contributed by atoms with Crippen LogP contribution in [0.3, 0.4) is 0 Å². The van der Waals surface area contributed by atoms with E-state index in [2.05, 4.69) is 6.92 Å². The summed E-state index contributed by atoms with van der Waals surface area (Å²) < 4.78 is 0. The van der Waals surface area contributed by atoms with Gasteiger partial charge in [-0.2, -0.15) is 0 Å². The average molecular weight is 237 g/mol. The molecule has 0 aliphatic heterocycles. The van der Waals surface area contributed by atoms with Crippen molar-refractivity contribution in [3.63, 3.8) is 0 Å². The molecular formula is C13H19NOS. The number of nitrogen functional groups attached to an aromatic ring is 1. The first-order chi connectivity index (χ1) is 7.59. The Kier molecular flexibility index (Phi) is 3.45. The maximum absolute atomic E-state index is 10.3. The molecule has 1 aromatic carbocycles. The van der Waals surface area contributed by atoms with E-state index < -0.39 is 5.60 Å². The van der Waals surface area contributed by atoms with Crippen LogP contribution < -0.4 is 5.73 Å². The van der Waals surface area contributed by atoms with Crippen LogP contribution in [0.1, 0.15) is 31.2 Å². The fourth-order valence-electron chi connectivity index (χ4n) is 2.22. The van der Waals surface area contributed by atoms with Gasteiger partial charge in [-0.3, -0.25) is 0 Å². The van der Waals surface area contributed by atoms with E-state index in [-0.39, 0.29) is 0 Å². The highest BCUT2D eigenvalue weighted by Gasteiger charge is 2.30. The molecule has 0 unspecified atom stereocenters. The number of thioether (sulfide) groups is 1. The van der Waals surface area contributed by atoms with Gasteiger partial charge in [0, 0.05) is 16.3 Å². The highest BCUT2D eigenvalue weighted by Crippen LogP contribution is 2.35. The molecule has 1 fully saturated rings. The van der Waals surface area contributed by atoms with Crippen LogP contribution in [0, 0.1) is 6.92 Å². The number of hydrogen-bond donors (Lipinski definition) is 2. The third kappa shape index (κ3) is 2.71. The summed E-state index contributed by atoms with van der Waals surface area (Å²) in [5, 5.41) is 10.3. The molecule has 0 saturated heterocycles. The van der Waals surface area contributed by atoms with Gasteiger partial charge in [0.25, 0.3) is 0 Å². The third-order valence-corrected chi connectivity index (χ3v) is 4.68. The zero-order chi connectivity index (χ0) is 11.6. The molecule has 2 nitrogen and oxygen atoms in total. The molecule has 1 saturated carbocycles. The summed E-state index contributed by atoms with van der Waals surface area (Å²) in [7, 11) is 0. The maximum atomic E-state index is 10.3. The number of aryl methyl sites for hydroxylation is 1. The van der Waals surface area contributed by atoms with Crippen LogP contribution in [0.2, 0.25) is 0 Å². The predicted octanol–water partition coefficient (Wildman–Crippen LogP) is 2.97. The Labute approximate surface area is 101 Å². The minimum Gasteiger partial charge on any atom is -0.399 e. The molecule has 1 aliphatic carbocycles. The Morgan fingerprint density at radius 1 is 1.38 bits per heavy atom. The van der Waals surface area contributed by atoms with E-state index in [4.69, 9.17) is 5.73 Å². The molecule has 0 amide bonds. The number of aliphatic hydroxyl groups is 1. The molecule has 2 rings (SSSR count). The molecule has 0 heterocycles. The SMILES string of the molecule is Cc1cc(N)ccc1SCC1(O)CCCC1. The van der Waals surface area contributed by atoms with Crippen molar-refractivity contribution in [2.75, 3.05) is 11.5 Å². The second-order valence-electron chi connectivity index (χ2n) is 4.75. The van der Waals surface area contributed by atoms with Crippen molar-refractivity contribution in [2.24, 2.45) is 0 Å². The van der Waals surface area contributed by atoms with Crippen molar-refractivity contribution in [1.82, 2.24) is 0 Å². The lowest BCUT2D eigenvalue weighted by Gasteiger charge is -2.21. The summed E-state index contributed by atoms with van der Waals surface area (Å²) in [6.07, 6.45) is 4.23. The van der Waals surface area contributed by atoms with Crippen molar-refractivity contribution >= 4 is 17.4 Å². The standard InChI is InChI=1S/C13H19NOS/c1-10-8-11(14)4-5-12(10)16-9-13(15)6-2-3-7-13/h4-5,8,15H,2-3,6-7,9,14H2,1H3. The molecule has 3 N–H and O–H groups in total. The van der Waals surface area contributed by atoms with Crippen molar-refractivity contribution in [3.05, 3.63) is 23.8 Å². The second kappa shape index (κ2) is 4.68. The number of benzene rings is 1. The van der Waals surface area contributed by atoms with Crippen molar-refractivity contribution < 1.29 is 5.11 Å². The van der Waals surface area contributed by atoms with Gasteiger partial charge in [-0.1, -0.05) is 12.8 Å². The fourth-order valence-corrected chi connectivity index (χ4v) is 3.39. The lowest BCUT2D eigenvalue weighted by molar-refractivity contribution is 0.0732. The third-order valence-electron chi connectivity index (χ3n) is 3.23. The number of hydrogen-bond acceptors (Lipinski definition) is 3. The van der Waals surface area contributed by atoms with Crippen molar-refractivity contribution in [2.45, 2.75) is 43.1 Å². The largest absolute Gasteiger partial charge is 0.399 e. The van der Waals surface area contributed by atoms with Crippen LogP contribution in [-0.2, 0) is 0 Å². The van der Waals surface area contributed by atoms with E-state index >= 15 is 0 Å². The highest BCUT2D eigenvalue weighted by atomic mass is 32.2. The van der Waals surface area contributed by atoms with Crippen LogP contribution in [0.15, 0.2) is 23.1 Å². The highest BCUT2D eigenvalue weighted by molar-refractivity contribution is 7.99. The quantitative estimate of drug-likeness (QED) is 0.627. The average Bonchev–Trinajstić information content (AvgIpc) is 2.64. The van der Waals surface area contributed by atoms with Gasteiger partial charge >= 0.3 is 0 Å². The molecule has 16 heavy (non-hydrogen) atoms. The van der Waals surface area contributed by atoms with E-state index in [1.807, 2.05) is 18.2 Å². The first-order valence-electron chi connectivity index (χ1n) is 5.80. The molecule has 0 radical (unpaired) electrons. The molecule has 0 bridgehead atoms. The van der Waals surface area contributed by atoms with Crippen molar-refractivity contribution in [3.8, 4) is 0 Å². The fraction of sp³-hybridized carbons (Fsp3) is 0.538. The number of anilines is 1. The minimum absolute atomic E-state index is 0.432. The predicted molar refractivity (Wildman–Crippen MR) is 69.7 cm³/mol. The van der Waals surface area contributed by atoms with E-state index in [1.54, 1.807) is 11.8 Å². The van der Waals surface area contributed by atoms with Gasteiger partial charge in [-0.05, 0) is 43.5 Å². The van der Waals surface area contributed by atoms with Gasteiger partial charge in [-0.15, -0.1) is 11.8 Å². The summed E-state index contributed by atoms with van der Waals surface area (Å²) in [5.41, 5.74) is 7.29. The van der Waals surface area contributed by atoms with E-state index in [0.29, 0.717) is 0 Å². The second-order valence-corrected chi connectivity index (χ2v) is 5.76. The van der Waals surface area contributed by atoms with Gasteiger partial charge in [0.15, 0.2) is 0 Å². The Balaban J connectivity index is 1.99. The molecule has 3 heteroatoms. The Morgan fingerprint density at radius 2 is 2.06 bits per heavy atom. The first-order valence-corrected chi connectivity index (χ1v) is 6.79. The number of nitrogens with two attached hydrogens (primary N) is 1. The monoisotopic (exact) mass is 237 g/mol. The zero-order valence-electron chi connectivity index (χ0n) is 9.70. The first kappa shape index (κ1) is 11.8. The van der Waals surface area contributed by atoms with E-state index in [9.17, 15) is 5.11 Å². The summed E-state index contributed by atoms with van der Waals surface area (Å²) in [4.78, 5) is 1.23. The van der Waals surface area contributed by atoms with Crippen LogP contribution in [0.25, 0.3) is 0 Å². The molecule has 1 aromatic rings. The molecule has 0 spiro atoms. The van der Waals surface area contributed by atoms with Crippen LogP contribution in [0.5, 0.6) is 0 Å². The summed E-state index contributed by atoms with van der Waals surface area (Å²) in [6, 6.07) is 5.96. The van der Waals surface area contributed by atoms with Gasteiger partial charge in [0.05, 0.1) is 5.60 Å². The lowest BCUT2D eigenvalue weighted by atomic mass is 10.1. The van der Waals surface area contributed by atoms with E-state index in [0.717, 1.165) is 37.1 Å². The van der Waals surface area contributed by atoms with Crippen LogP contribution in [0.4, 0.5) is 5.69 Å². The summed E-state index contributed by atoms with van der Waals surface area (Å²) in [6.45, 7) is 2.07. The summed E-state index contributed by atoms with van der Waals surface area (Å²) in [5.74, 6) is 0.803.